The van der Waals surface area contributed by atoms with Crippen LogP contribution in [0.4, 0.5) is 0 Å². The number of carbonyl (C=O) groups excluding carboxylic acids is 3. The summed E-state index contributed by atoms with van der Waals surface area (Å²) < 4.78 is 6.59. The van der Waals surface area contributed by atoms with E-state index >= 15 is 0 Å². The molecule has 2 heterocycles. The lowest BCUT2D eigenvalue weighted by molar-refractivity contribution is -0.154. The fourth-order valence-electron chi connectivity index (χ4n) is 5.51. The third-order valence-corrected chi connectivity index (χ3v) is 7.92. The summed E-state index contributed by atoms with van der Waals surface area (Å²) >= 11 is 1.72. The van der Waals surface area contributed by atoms with E-state index in [0.717, 1.165) is 33.4 Å². The number of thiophene rings is 1. The smallest absolute Gasteiger partial charge is 0.306 e. The van der Waals surface area contributed by atoms with Gasteiger partial charge in [-0.15, -0.1) is 11.3 Å². The first-order valence-corrected chi connectivity index (χ1v) is 13.3. The number of carbonyl (C=O) groups is 3. The molecule has 6 heteroatoms. The number of ether oxygens (including phenoxy) is 1. The Morgan fingerprint density at radius 1 is 0.806 bits per heavy atom. The summed E-state index contributed by atoms with van der Waals surface area (Å²) in [5.74, 6) is -0.693. The first kappa shape index (κ1) is 22.9. The van der Waals surface area contributed by atoms with Crippen LogP contribution in [0.3, 0.4) is 0 Å². The molecule has 0 saturated carbocycles. The summed E-state index contributed by atoms with van der Waals surface area (Å²) in [4.78, 5) is 40.3. The van der Waals surface area contributed by atoms with E-state index in [2.05, 4.69) is 23.6 Å². The average molecular weight is 498 g/mol. The Morgan fingerprint density at radius 2 is 1.47 bits per heavy atom. The maximum absolute atomic E-state index is 13.5. The Kier molecular flexibility index (Phi) is 5.27. The summed E-state index contributed by atoms with van der Waals surface area (Å²) in [6, 6.07) is 14.2. The fraction of sp³-hybridized carbons (Fsp3) is 0.300. The SMILES string of the molecule is CC(C)(C)OC(=O)CCCCCN1C(=O)c2ccc3c4cccc5scc(c6ccc(c2c36)C1=O)c54. The zero-order chi connectivity index (χ0) is 25.2. The van der Waals surface area contributed by atoms with Gasteiger partial charge in [0, 0.05) is 45.0 Å². The summed E-state index contributed by atoms with van der Waals surface area (Å²) in [7, 11) is 0. The number of esters is 1. The van der Waals surface area contributed by atoms with Crippen molar-refractivity contribution in [2.45, 2.75) is 52.1 Å². The van der Waals surface area contributed by atoms with Gasteiger partial charge in [0.05, 0.1) is 0 Å². The Morgan fingerprint density at radius 3 is 2.17 bits per heavy atom. The second-order valence-electron chi connectivity index (χ2n) is 10.6. The predicted molar refractivity (Wildman–Crippen MR) is 145 cm³/mol. The second-order valence-corrected chi connectivity index (χ2v) is 11.5. The molecule has 1 aliphatic heterocycles. The Labute approximate surface area is 213 Å². The Bertz CT molecular complexity index is 1670. The zero-order valence-electron chi connectivity index (χ0n) is 20.6. The number of rotatable bonds is 6. The number of benzene rings is 4. The Hall–Kier alpha value is -3.51. The van der Waals surface area contributed by atoms with Crippen LogP contribution in [-0.2, 0) is 9.53 Å². The van der Waals surface area contributed by atoms with E-state index in [0.29, 0.717) is 36.9 Å². The molecule has 0 aliphatic carbocycles. The number of nitrogens with zero attached hydrogens (tertiary/aromatic N) is 1. The quantitative estimate of drug-likeness (QED) is 0.0812. The van der Waals surface area contributed by atoms with E-state index in [1.54, 1.807) is 11.3 Å². The molecular formula is C30H27NO4S. The van der Waals surface area contributed by atoms with Crippen LogP contribution in [0.25, 0.3) is 42.4 Å². The van der Waals surface area contributed by atoms with Crippen molar-refractivity contribution in [2.24, 2.45) is 0 Å². The molecule has 0 spiro atoms. The molecule has 0 N–H and O–H groups in total. The molecule has 0 saturated heterocycles. The minimum atomic E-state index is -0.490. The van der Waals surface area contributed by atoms with Gasteiger partial charge in [-0.05, 0) is 78.7 Å². The van der Waals surface area contributed by atoms with Gasteiger partial charge in [-0.2, -0.15) is 0 Å². The molecule has 182 valence electrons. The second kappa shape index (κ2) is 8.27. The molecule has 0 bridgehead atoms. The molecule has 36 heavy (non-hydrogen) atoms. The van der Waals surface area contributed by atoms with Crippen molar-refractivity contribution in [3.05, 3.63) is 59.0 Å². The minimum absolute atomic E-state index is 0.217. The van der Waals surface area contributed by atoms with Crippen molar-refractivity contribution in [3.63, 3.8) is 0 Å². The summed E-state index contributed by atoms with van der Waals surface area (Å²) in [5, 5.41) is 9.71. The lowest BCUT2D eigenvalue weighted by Gasteiger charge is -2.28. The van der Waals surface area contributed by atoms with Crippen molar-refractivity contribution in [1.82, 2.24) is 4.90 Å². The number of unbranched alkanes of at least 4 members (excludes halogenated alkanes) is 2. The topological polar surface area (TPSA) is 63.7 Å². The van der Waals surface area contributed by atoms with E-state index in [1.165, 1.54) is 20.4 Å². The standard InChI is InChI=1S/C30H27NO4S/c1-30(2,3)35-24(32)10-5-4-6-15-31-28(33)20-13-11-18-17-8-7-9-23-25(17)22(16-36-23)19-12-14-21(29(31)34)27(20)26(18)19/h7-9,11-14,16H,4-6,10,15H2,1-3H3. The third-order valence-electron chi connectivity index (χ3n) is 6.97. The maximum Gasteiger partial charge on any atom is 0.306 e. The summed E-state index contributed by atoms with van der Waals surface area (Å²) in [6.07, 6.45) is 2.39. The van der Waals surface area contributed by atoms with Gasteiger partial charge in [0.2, 0.25) is 0 Å². The lowest BCUT2D eigenvalue weighted by atomic mass is 9.86. The molecule has 1 aliphatic rings. The molecule has 5 aromatic rings. The van der Waals surface area contributed by atoms with Crippen LogP contribution < -0.4 is 0 Å². The highest BCUT2D eigenvalue weighted by molar-refractivity contribution is 7.18. The number of hydrogen-bond acceptors (Lipinski definition) is 5. The van der Waals surface area contributed by atoms with Crippen molar-refractivity contribution in [3.8, 4) is 0 Å². The van der Waals surface area contributed by atoms with Gasteiger partial charge in [-0.3, -0.25) is 19.3 Å². The highest BCUT2D eigenvalue weighted by Gasteiger charge is 2.33. The predicted octanol–water partition coefficient (Wildman–Crippen LogP) is 7.30. The van der Waals surface area contributed by atoms with Crippen LogP contribution in [0.1, 0.15) is 67.2 Å². The first-order valence-electron chi connectivity index (χ1n) is 12.4. The van der Waals surface area contributed by atoms with Gasteiger partial charge in [0.25, 0.3) is 11.8 Å². The summed E-state index contributed by atoms with van der Waals surface area (Å²) in [5.41, 5.74) is 0.685. The number of amides is 2. The number of imide groups is 1. The van der Waals surface area contributed by atoms with E-state index < -0.39 is 5.60 Å². The third kappa shape index (κ3) is 3.54. The molecule has 0 atom stereocenters. The van der Waals surface area contributed by atoms with Crippen molar-refractivity contribution < 1.29 is 19.1 Å². The van der Waals surface area contributed by atoms with E-state index in [-0.39, 0.29) is 17.8 Å². The number of hydrogen-bond donors (Lipinski definition) is 0. The van der Waals surface area contributed by atoms with Crippen molar-refractivity contribution in [1.29, 1.82) is 0 Å². The molecule has 4 aromatic carbocycles. The van der Waals surface area contributed by atoms with Crippen LogP contribution in [0.5, 0.6) is 0 Å². The lowest BCUT2D eigenvalue weighted by Crippen LogP contribution is -2.40. The molecule has 0 fully saturated rings. The van der Waals surface area contributed by atoms with Gasteiger partial charge in [0.15, 0.2) is 0 Å². The minimum Gasteiger partial charge on any atom is -0.460 e. The maximum atomic E-state index is 13.5. The first-order chi connectivity index (χ1) is 17.2. The molecule has 1 aromatic heterocycles. The fourth-order valence-corrected chi connectivity index (χ4v) is 6.49. The van der Waals surface area contributed by atoms with E-state index in [4.69, 9.17) is 4.74 Å². The molecule has 6 rings (SSSR count). The molecule has 0 radical (unpaired) electrons. The van der Waals surface area contributed by atoms with Gasteiger partial charge >= 0.3 is 5.97 Å². The monoisotopic (exact) mass is 497 g/mol. The molecular weight excluding hydrogens is 470 g/mol. The van der Waals surface area contributed by atoms with E-state index in [1.807, 2.05) is 45.0 Å². The van der Waals surface area contributed by atoms with Gasteiger partial charge in [-0.1, -0.05) is 30.7 Å². The summed E-state index contributed by atoms with van der Waals surface area (Å²) in [6.45, 7) is 5.89. The normalized spacial score (nSPS) is 14.1. The van der Waals surface area contributed by atoms with Crippen molar-refractivity contribution in [2.75, 3.05) is 6.54 Å². The zero-order valence-corrected chi connectivity index (χ0v) is 21.5. The van der Waals surface area contributed by atoms with Gasteiger partial charge < -0.3 is 4.74 Å². The van der Waals surface area contributed by atoms with Crippen molar-refractivity contribution >= 4 is 71.5 Å². The van der Waals surface area contributed by atoms with Gasteiger partial charge in [-0.25, -0.2) is 0 Å². The Balaban J connectivity index is 1.29. The van der Waals surface area contributed by atoms with Crippen LogP contribution in [0.15, 0.2) is 47.8 Å². The van der Waals surface area contributed by atoms with Gasteiger partial charge in [0.1, 0.15) is 5.60 Å². The molecule has 0 unspecified atom stereocenters. The van der Waals surface area contributed by atoms with E-state index in [9.17, 15) is 14.4 Å². The molecule has 2 amide bonds. The highest BCUT2D eigenvalue weighted by Crippen LogP contribution is 2.45. The average Bonchev–Trinajstić information content (AvgIpc) is 3.27. The van der Waals surface area contributed by atoms with Crippen LogP contribution >= 0.6 is 11.3 Å². The largest absolute Gasteiger partial charge is 0.460 e. The number of fused-ring (bicyclic) bond motifs is 2. The van der Waals surface area contributed by atoms with Crippen LogP contribution in [0, 0.1) is 0 Å². The van der Waals surface area contributed by atoms with Crippen LogP contribution in [0.2, 0.25) is 0 Å². The van der Waals surface area contributed by atoms with Crippen LogP contribution in [-0.4, -0.2) is 34.8 Å². The highest BCUT2D eigenvalue weighted by atomic mass is 32.1. The molecule has 5 nitrogen and oxygen atoms in total.